The Morgan fingerprint density at radius 2 is 2.07 bits per heavy atom. The van der Waals surface area contributed by atoms with Crippen LogP contribution in [0.4, 0.5) is 0 Å². The fraction of sp³-hybridized carbons (Fsp3) is 0.727. The van der Waals surface area contributed by atoms with Crippen molar-refractivity contribution in [2.45, 2.75) is 71.3 Å². The standard InChI is InChI=1S/C22H31N5O/c1-4-27-19(28)8-7-18-16-6-5-15-13-14(20-23-25-26-24-20)9-11-21(15,2)17(16)10-12-22(18,27)3/h5,13,16-18H,4,6-12H2,1-3H3,(H,23,24,25,26)/t16-,17+,18+,21+,22+/m1/s1. The van der Waals surface area contributed by atoms with Crippen molar-refractivity contribution in [2.24, 2.45) is 23.2 Å². The van der Waals surface area contributed by atoms with Gasteiger partial charge < -0.3 is 4.90 Å². The second-order valence-electron chi connectivity index (χ2n) is 9.67. The number of nitrogens with zero attached hydrogens (tertiary/aromatic N) is 4. The number of carbonyl (C=O) groups is 1. The van der Waals surface area contributed by atoms with Gasteiger partial charge in [0, 0.05) is 24.1 Å². The summed E-state index contributed by atoms with van der Waals surface area (Å²) < 4.78 is 0. The highest BCUT2D eigenvalue weighted by Gasteiger charge is 2.57. The molecule has 1 aliphatic heterocycles. The van der Waals surface area contributed by atoms with Crippen molar-refractivity contribution < 1.29 is 4.79 Å². The molecule has 4 aliphatic rings. The molecule has 1 saturated heterocycles. The SMILES string of the molecule is CCN1C(=O)CC[C@H]2[C@@H]3CC=C4C=C(c5nn[nH]n5)CC[C@]4(C)[C@H]3CC[C@@]21C. The van der Waals surface area contributed by atoms with Crippen molar-refractivity contribution in [1.82, 2.24) is 25.5 Å². The molecule has 6 nitrogen and oxygen atoms in total. The van der Waals surface area contributed by atoms with Crippen LogP contribution in [0.5, 0.6) is 0 Å². The number of aromatic amines is 1. The molecule has 0 aromatic carbocycles. The molecule has 1 aromatic heterocycles. The highest BCUT2D eigenvalue weighted by molar-refractivity contribution is 5.78. The van der Waals surface area contributed by atoms with Crippen molar-refractivity contribution in [3.05, 3.63) is 23.5 Å². The maximum atomic E-state index is 12.6. The number of aromatic nitrogens is 4. The summed E-state index contributed by atoms with van der Waals surface area (Å²) in [6.07, 6.45) is 12.3. The predicted octanol–water partition coefficient (Wildman–Crippen LogP) is 3.76. The number of piperidine rings is 1. The van der Waals surface area contributed by atoms with Crippen molar-refractivity contribution in [3.63, 3.8) is 0 Å². The molecule has 2 fully saturated rings. The Balaban J connectivity index is 1.49. The molecule has 2 heterocycles. The minimum Gasteiger partial charge on any atom is -0.337 e. The minimum absolute atomic E-state index is 0.0489. The molecule has 0 radical (unpaired) electrons. The number of rotatable bonds is 2. The Hall–Kier alpha value is -1.98. The number of tetrazole rings is 1. The van der Waals surface area contributed by atoms with Crippen molar-refractivity contribution in [1.29, 1.82) is 0 Å². The topological polar surface area (TPSA) is 74.8 Å². The van der Waals surface area contributed by atoms with E-state index in [1.807, 2.05) is 0 Å². The van der Waals surface area contributed by atoms with Gasteiger partial charge in [-0.1, -0.05) is 19.1 Å². The monoisotopic (exact) mass is 381 g/mol. The predicted molar refractivity (Wildman–Crippen MR) is 107 cm³/mol. The molecule has 5 rings (SSSR count). The number of fused-ring (bicyclic) bond motifs is 5. The van der Waals surface area contributed by atoms with Gasteiger partial charge in [0.2, 0.25) is 11.7 Å². The molecule has 5 atom stereocenters. The van der Waals surface area contributed by atoms with E-state index >= 15 is 0 Å². The number of H-pyrrole nitrogens is 1. The summed E-state index contributed by atoms with van der Waals surface area (Å²) >= 11 is 0. The normalized spacial score (nSPS) is 40.2. The molecule has 0 bridgehead atoms. The Kier molecular flexibility index (Phi) is 4.04. The van der Waals surface area contributed by atoms with E-state index in [9.17, 15) is 4.79 Å². The van der Waals surface area contributed by atoms with E-state index in [1.165, 1.54) is 17.6 Å². The number of carbonyl (C=O) groups excluding carboxylic acids is 1. The quantitative estimate of drug-likeness (QED) is 0.846. The van der Waals surface area contributed by atoms with Crippen LogP contribution in [0.15, 0.2) is 17.7 Å². The molecular formula is C22H31N5O. The maximum Gasteiger partial charge on any atom is 0.223 e. The van der Waals surface area contributed by atoms with E-state index in [1.54, 1.807) is 0 Å². The number of allylic oxidation sites excluding steroid dienone is 4. The Labute approximate surface area is 166 Å². The van der Waals surface area contributed by atoms with Gasteiger partial charge in [0.05, 0.1) is 0 Å². The van der Waals surface area contributed by atoms with E-state index in [0.29, 0.717) is 23.7 Å². The van der Waals surface area contributed by atoms with Gasteiger partial charge in [-0.05, 0) is 86.3 Å². The molecule has 0 unspecified atom stereocenters. The van der Waals surface area contributed by atoms with Crippen LogP contribution in [-0.4, -0.2) is 43.5 Å². The maximum absolute atomic E-state index is 12.6. The molecule has 1 amide bonds. The first-order valence-corrected chi connectivity index (χ1v) is 10.9. The Morgan fingerprint density at radius 3 is 2.82 bits per heavy atom. The highest BCUT2D eigenvalue weighted by Crippen LogP contribution is 2.61. The summed E-state index contributed by atoms with van der Waals surface area (Å²) in [5.41, 5.74) is 2.96. The number of nitrogens with one attached hydrogen (secondary N) is 1. The van der Waals surface area contributed by atoms with Gasteiger partial charge in [-0.15, -0.1) is 10.2 Å². The van der Waals surface area contributed by atoms with Crippen LogP contribution >= 0.6 is 0 Å². The van der Waals surface area contributed by atoms with E-state index in [4.69, 9.17) is 0 Å². The lowest BCUT2D eigenvalue weighted by atomic mass is 9.48. The summed E-state index contributed by atoms with van der Waals surface area (Å²) in [7, 11) is 0. The third kappa shape index (κ3) is 2.39. The van der Waals surface area contributed by atoms with Crippen LogP contribution in [-0.2, 0) is 4.79 Å². The lowest BCUT2D eigenvalue weighted by molar-refractivity contribution is -0.155. The fourth-order valence-electron chi connectivity index (χ4n) is 7.20. The molecule has 150 valence electrons. The first-order chi connectivity index (χ1) is 13.5. The molecule has 1 aromatic rings. The summed E-state index contributed by atoms with van der Waals surface area (Å²) in [4.78, 5) is 14.8. The van der Waals surface area contributed by atoms with Gasteiger partial charge in [0.25, 0.3) is 0 Å². The second-order valence-corrected chi connectivity index (χ2v) is 9.67. The number of amides is 1. The molecule has 28 heavy (non-hydrogen) atoms. The average Bonchev–Trinajstić information content (AvgIpc) is 3.21. The molecule has 1 N–H and O–H groups in total. The largest absolute Gasteiger partial charge is 0.337 e. The van der Waals surface area contributed by atoms with Gasteiger partial charge in [-0.25, -0.2) is 0 Å². The van der Waals surface area contributed by atoms with Gasteiger partial charge in [-0.3, -0.25) is 4.79 Å². The van der Waals surface area contributed by atoms with E-state index in [2.05, 4.69) is 58.4 Å². The zero-order chi connectivity index (χ0) is 19.5. The zero-order valence-electron chi connectivity index (χ0n) is 17.2. The van der Waals surface area contributed by atoms with Crippen molar-refractivity contribution in [2.75, 3.05) is 6.54 Å². The summed E-state index contributed by atoms with van der Waals surface area (Å²) in [5, 5.41) is 14.7. The lowest BCUT2D eigenvalue weighted by Gasteiger charge is -2.61. The number of hydrogen-bond acceptors (Lipinski definition) is 4. The van der Waals surface area contributed by atoms with Crippen LogP contribution in [0.2, 0.25) is 0 Å². The van der Waals surface area contributed by atoms with Crippen molar-refractivity contribution in [3.8, 4) is 0 Å². The number of likely N-dealkylation sites (tertiary alicyclic amines) is 1. The third-order valence-corrected chi connectivity index (χ3v) is 8.66. The van der Waals surface area contributed by atoms with Gasteiger partial charge >= 0.3 is 0 Å². The molecule has 3 aliphatic carbocycles. The molecule has 0 spiro atoms. The van der Waals surface area contributed by atoms with Gasteiger partial charge in [0.1, 0.15) is 0 Å². The van der Waals surface area contributed by atoms with Gasteiger partial charge in [0.15, 0.2) is 0 Å². The van der Waals surface area contributed by atoms with Crippen LogP contribution in [0.3, 0.4) is 0 Å². The number of hydrogen-bond donors (Lipinski definition) is 1. The van der Waals surface area contributed by atoms with Crippen LogP contribution in [0, 0.1) is 23.2 Å². The minimum atomic E-state index is 0.0489. The second kappa shape index (κ2) is 6.26. The van der Waals surface area contributed by atoms with Crippen LogP contribution in [0.1, 0.15) is 71.5 Å². The molecule has 1 saturated carbocycles. The summed E-state index contributed by atoms with van der Waals surface area (Å²) in [6.45, 7) is 7.83. The third-order valence-electron chi connectivity index (χ3n) is 8.66. The van der Waals surface area contributed by atoms with Crippen LogP contribution in [0.25, 0.3) is 5.57 Å². The van der Waals surface area contributed by atoms with E-state index in [0.717, 1.165) is 50.9 Å². The van der Waals surface area contributed by atoms with E-state index in [-0.39, 0.29) is 11.0 Å². The first-order valence-electron chi connectivity index (χ1n) is 10.9. The highest BCUT2D eigenvalue weighted by atomic mass is 16.2. The molecular weight excluding hydrogens is 350 g/mol. The Morgan fingerprint density at radius 1 is 1.21 bits per heavy atom. The lowest BCUT2D eigenvalue weighted by Crippen LogP contribution is -2.63. The van der Waals surface area contributed by atoms with Gasteiger partial charge in [-0.2, -0.15) is 5.21 Å². The summed E-state index contributed by atoms with van der Waals surface area (Å²) in [6, 6.07) is 0. The van der Waals surface area contributed by atoms with Crippen molar-refractivity contribution >= 4 is 11.5 Å². The van der Waals surface area contributed by atoms with Crippen LogP contribution < -0.4 is 0 Å². The summed E-state index contributed by atoms with van der Waals surface area (Å²) in [5.74, 6) is 3.13. The Bertz CT molecular complexity index is 843. The zero-order valence-corrected chi connectivity index (χ0v) is 17.2. The van der Waals surface area contributed by atoms with E-state index < -0.39 is 0 Å². The molecule has 6 heteroatoms. The first kappa shape index (κ1) is 18.1. The average molecular weight is 382 g/mol. The fourth-order valence-corrected chi connectivity index (χ4v) is 7.20. The smallest absolute Gasteiger partial charge is 0.223 e.